The number of hydrogen-bond donors (Lipinski definition) is 1. The molecule has 3 aromatic rings. The van der Waals surface area contributed by atoms with Gasteiger partial charge in [-0.25, -0.2) is 9.97 Å². The maximum Gasteiger partial charge on any atom is 0.254 e. The first kappa shape index (κ1) is 11.6. The van der Waals surface area contributed by atoms with Gasteiger partial charge in [0.05, 0.1) is 5.69 Å². The third-order valence-corrected chi connectivity index (χ3v) is 3.19. The van der Waals surface area contributed by atoms with E-state index in [1.54, 1.807) is 6.92 Å². The zero-order valence-corrected chi connectivity index (χ0v) is 10.8. The quantitative estimate of drug-likeness (QED) is 0.760. The van der Waals surface area contributed by atoms with Gasteiger partial charge in [0.15, 0.2) is 5.82 Å². The molecule has 0 atom stereocenters. The van der Waals surface area contributed by atoms with Crippen molar-refractivity contribution in [3.63, 3.8) is 0 Å². The molecule has 3 aromatic heterocycles. The highest BCUT2D eigenvalue weighted by Crippen LogP contribution is 2.15. The van der Waals surface area contributed by atoms with Crippen molar-refractivity contribution in [3.05, 3.63) is 52.2 Å². The number of pyridine rings is 1. The fraction of sp³-hybridized carbons (Fsp3) is 0.214. The highest BCUT2D eigenvalue weighted by molar-refractivity contribution is 5.55. The minimum atomic E-state index is -0.0982. The van der Waals surface area contributed by atoms with Crippen LogP contribution in [-0.4, -0.2) is 19.4 Å². The Hall–Kier alpha value is -2.43. The summed E-state index contributed by atoms with van der Waals surface area (Å²) in [4.78, 5) is 23.6. The Morgan fingerprint density at radius 2 is 2.16 bits per heavy atom. The minimum absolute atomic E-state index is 0.0982. The SMILES string of the molecule is CCc1nc(-c2cn3ccccc3n2)[nH]c(=O)c1C. The van der Waals surface area contributed by atoms with Crippen molar-refractivity contribution in [2.75, 3.05) is 0 Å². The standard InChI is InChI=1S/C14H14N4O/c1-3-10-9(2)14(19)17-13(16-10)11-8-18-7-5-4-6-12(18)15-11/h4-8H,3H2,1-2H3,(H,16,17,19). The van der Waals surface area contributed by atoms with Gasteiger partial charge in [-0.1, -0.05) is 13.0 Å². The number of rotatable bonds is 2. The van der Waals surface area contributed by atoms with Gasteiger partial charge >= 0.3 is 0 Å². The summed E-state index contributed by atoms with van der Waals surface area (Å²) in [7, 11) is 0. The lowest BCUT2D eigenvalue weighted by Crippen LogP contribution is -2.15. The Bertz CT molecular complexity index is 768. The molecule has 3 rings (SSSR count). The number of aromatic amines is 1. The molecule has 0 spiro atoms. The number of H-pyrrole nitrogens is 1. The molecular formula is C14H14N4O. The third kappa shape index (κ3) is 1.93. The van der Waals surface area contributed by atoms with Gasteiger partial charge in [-0.2, -0.15) is 0 Å². The number of aryl methyl sites for hydroxylation is 1. The van der Waals surface area contributed by atoms with E-state index in [4.69, 9.17) is 0 Å². The zero-order chi connectivity index (χ0) is 13.4. The van der Waals surface area contributed by atoms with Crippen LogP contribution in [0.4, 0.5) is 0 Å². The number of aromatic nitrogens is 4. The molecule has 0 unspecified atom stereocenters. The average molecular weight is 254 g/mol. The fourth-order valence-corrected chi connectivity index (χ4v) is 2.09. The molecule has 19 heavy (non-hydrogen) atoms. The van der Waals surface area contributed by atoms with Crippen LogP contribution in [0, 0.1) is 6.92 Å². The molecule has 3 heterocycles. The molecule has 1 N–H and O–H groups in total. The van der Waals surface area contributed by atoms with Gasteiger partial charge < -0.3 is 9.38 Å². The van der Waals surface area contributed by atoms with E-state index in [9.17, 15) is 4.79 Å². The summed E-state index contributed by atoms with van der Waals surface area (Å²) in [6.07, 6.45) is 4.51. The van der Waals surface area contributed by atoms with Gasteiger partial charge in [0, 0.05) is 18.0 Å². The molecule has 0 saturated heterocycles. The van der Waals surface area contributed by atoms with E-state index in [1.165, 1.54) is 0 Å². The smallest absolute Gasteiger partial charge is 0.254 e. The lowest BCUT2D eigenvalue weighted by Gasteiger charge is -2.03. The van der Waals surface area contributed by atoms with Gasteiger partial charge in [0.1, 0.15) is 11.3 Å². The molecule has 5 heteroatoms. The molecule has 0 fully saturated rings. The second kappa shape index (κ2) is 4.35. The molecule has 96 valence electrons. The summed E-state index contributed by atoms with van der Waals surface area (Å²) in [6, 6.07) is 5.77. The second-order valence-electron chi connectivity index (χ2n) is 4.43. The van der Waals surface area contributed by atoms with E-state index in [1.807, 2.05) is 41.9 Å². The number of nitrogens with one attached hydrogen (secondary N) is 1. The molecule has 5 nitrogen and oxygen atoms in total. The normalized spacial score (nSPS) is 11.1. The number of nitrogens with zero attached hydrogens (tertiary/aromatic N) is 3. The van der Waals surface area contributed by atoms with Crippen molar-refractivity contribution in [1.29, 1.82) is 0 Å². The number of imidazole rings is 1. The predicted octanol–water partition coefficient (Wildman–Crippen LogP) is 1.96. The van der Waals surface area contributed by atoms with Crippen LogP contribution in [0.5, 0.6) is 0 Å². The van der Waals surface area contributed by atoms with E-state index in [0.29, 0.717) is 17.1 Å². The summed E-state index contributed by atoms with van der Waals surface area (Å²) in [5, 5.41) is 0. The summed E-state index contributed by atoms with van der Waals surface area (Å²) < 4.78 is 1.90. The Morgan fingerprint density at radius 3 is 2.89 bits per heavy atom. The van der Waals surface area contributed by atoms with Crippen LogP contribution in [0.2, 0.25) is 0 Å². The number of fused-ring (bicyclic) bond motifs is 1. The van der Waals surface area contributed by atoms with Gasteiger partial charge in [-0.15, -0.1) is 0 Å². The molecule has 0 saturated carbocycles. The van der Waals surface area contributed by atoms with E-state index in [-0.39, 0.29) is 5.56 Å². The van der Waals surface area contributed by atoms with Crippen molar-refractivity contribution >= 4 is 5.65 Å². The van der Waals surface area contributed by atoms with Crippen LogP contribution in [0.3, 0.4) is 0 Å². The molecule has 0 bridgehead atoms. The molecular weight excluding hydrogens is 240 g/mol. The van der Waals surface area contributed by atoms with Gasteiger partial charge in [0.25, 0.3) is 5.56 Å². The largest absolute Gasteiger partial charge is 0.306 e. The van der Waals surface area contributed by atoms with Gasteiger partial charge in [0.2, 0.25) is 0 Å². The summed E-state index contributed by atoms with van der Waals surface area (Å²) in [5.74, 6) is 0.524. The molecule has 0 aliphatic heterocycles. The fourth-order valence-electron chi connectivity index (χ4n) is 2.09. The minimum Gasteiger partial charge on any atom is -0.306 e. The van der Waals surface area contributed by atoms with E-state index >= 15 is 0 Å². The van der Waals surface area contributed by atoms with Crippen LogP contribution in [0.1, 0.15) is 18.2 Å². The zero-order valence-electron chi connectivity index (χ0n) is 10.8. The maximum atomic E-state index is 11.9. The first-order valence-corrected chi connectivity index (χ1v) is 6.23. The van der Waals surface area contributed by atoms with Gasteiger partial charge in [-0.05, 0) is 25.5 Å². The highest BCUT2D eigenvalue weighted by Gasteiger charge is 2.10. The highest BCUT2D eigenvalue weighted by atomic mass is 16.1. The molecule has 0 aliphatic carbocycles. The van der Waals surface area contributed by atoms with Crippen molar-refractivity contribution in [3.8, 4) is 11.5 Å². The van der Waals surface area contributed by atoms with Crippen LogP contribution >= 0.6 is 0 Å². The topological polar surface area (TPSA) is 63.1 Å². The van der Waals surface area contributed by atoms with E-state index < -0.39 is 0 Å². The van der Waals surface area contributed by atoms with Crippen molar-refractivity contribution in [1.82, 2.24) is 19.4 Å². The monoisotopic (exact) mass is 254 g/mol. The Balaban J connectivity index is 2.21. The Labute approximate surface area is 110 Å². The first-order valence-electron chi connectivity index (χ1n) is 6.23. The van der Waals surface area contributed by atoms with Crippen molar-refractivity contribution < 1.29 is 0 Å². The number of hydrogen-bond acceptors (Lipinski definition) is 3. The summed E-state index contributed by atoms with van der Waals surface area (Å²) >= 11 is 0. The van der Waals surface area contributed by atoms with Crippen LogP contribution in [0.25, 0.3) is 17.2 Å². The van der Waals surface area contributed by atoms with Crippen LogP contribution < -0.4 is 5.56 Å². The Morgan fingerprint density at radius 1 is 1.32 bits per heavy atom. The molecule has 0 aliphatic rings. The molecule has 0 aromatic carbocycles. The summed E-state index contributed by atoms with van der Waals surface area (Å²) in [5.41, 5.74) is 2.90. The first-order chi connectivity index (χ1) is 9.19. The maximum absolute atomic E-state index is 11.9. The average Bonchev–Trinajstić information content (AvgIpc) is 2.85. The van der Waals surface area contributed by atoms with Crippen LogP contribution in [0.15, 0.2) is 35.4 Å². The lowest BCUT2D eigenvalue weighted by molar-refractivity contribution is 0.951. The van der Waals surface area contributed by atoms with Crippen molar-refractivity contribution in [2.45, 2.75) is 20.3 Å². The Kier molecular flexibility index (Phi) is 2.67. The van der Waals surface area contributed by atoms with Crippen molar-refractivity contribution in [2.24, 2.45) is 0 Å². The molecule has 0 amide bonds. The molecule has 0 radical (unpaired) electrons. The van der Waals surface area contributed by atoms with Gasteiger partial charge in [-0.3, -0.25) is 4.79 Å². The van der Waals surface area contributed by atoms with E-state index in [2.05, 4.69) is 15.0 Å². The predicted molar refractivity (Wildman–Crippen MR) is 73.2 cm³/mol. The lowest BCUT2D eigenvalue weighted by atomic mass is 10.2. The van der Waals surface area contributed by atoms with E-state index in [0.717, 1.165) is 17.8 Å². The second-order valence-corrected chi connectivity index (χ2v) is 4.43. The van der Waals surface area contributed by atoms with Crippen LogP contribution in [-0.2, 0) is 6.42 Å². The third-order valence-electron chi connectivity index (χ3n) is 3.19. The summed E-state index contributed by atoms with van der Waals surface area (Å²) in [6.45, 7) is 3.78.